The van der Waals surface area contributed by atoms with Crippen LogP contribution in [0.1, 0.15) is 33.6 Å². The molecule has 1 amide bonds. The zero-order valence-corrected chi connectivity index (χ0v) is 19.3. The summed E-state index contributed by atoms with van der Waals surface area (Å²) >= 11 is 0. The molecule has 10 heteroatoms. The molecule has 0 saturated carbocycles. The van der Waals surface area contributed by atoms with Crippen LogP contribution in [0.25, 0.3) is 11.4 Å². The molecular formula is C24H25N9O. The van der Waals surface area contributed by atoms with E-state index in [1.165, 1.54) is 6.20 Å². The van der Waals surface area contributed by atoms with E-state index in [0.29, 0.717) is 29.0 Å². The van der Waals surface area contributed by atoms with Crippen LogP contribution in [-0.4, -0.2) is 42.7 Å². The fraction of sp³-hybridized carbons (Fsp3) is 0.250. The number of aromatic nitrogens is 6. The number of hydrogen-bond acceptors (Lipinski definition) is 8. The third-order valence-electron chi connectivity index (χ3n) is 5.77. The number of nitrogens with zero attached hydrogens (tertiary/aromatic N) is 6. The van der Waals surface area contributed by atoms with Crippen LogP contribution in [-0.2, 0) is 19.9 Å². The first kappa shape index (κ1) is 21.5. The summed E-state index contributed by atoms with van der Waals surface area (Å²) in [6, 6.07) is 10.1. The van der Waals surface area contributed by atoms with Crippen molar-refractivity contribution < 1.29 is 4.79 Å². The summed E-state index contributed by atoms with van der Waals surface area (Å²) in [5.74, 6) is 1.77. The van der Waals surface area contributed by atoms with Crippen molar-refractivity contribution in [2.45, 2.75) is 26.2 Å². The normalized spacial score (nSPS) is 12.8. The second kappa shape index (κ2) is 8.89. The number of rotatable bonds is 2. The number of nitrogens with one attached hydrogen (secondary N) is 3. The minimum atomic E-state index is -0.282. The van der Waals surface area contributed by atoms with Crippen LogP contribution in [0.15, 0.2) is 42.9 Å². The van der Waals surface area contributed by atoms with Gasteiger partial charge in [-0.3, -0.25) is 9.48 Å². The smallest absolute Gasteiger partial charge is 0.256 e. The number of aryl methyl sites for hydroxylation is 3. The van der Waals surface area contributed by atoms with Crippen LogP contribution in [0.2, 0.25) is 0 Å². The number of benzene rings is 1. The van der Waals surface area contributed by atoms with Crippen molar-refractivity contribution in [2.75, 3.05) is 17.7 Å². The van der Waals surface area contributed by atoms with Gasteiger partial charge in [0, 0.05) is 37.2 Å². The molecular weight excluding hydrogens is 430 g/mol. The maximum atomic E-state index is 12.6. The number of fused-ring (bicyclic) bond motifs is 6. The largest absolute Gasteiger partial charge is 0.355 e. The monoisotopic (exact) mass is 455 g/mol. The lowest BCUT2D eigenvalue weighted by Crippen LogP contribution is -2.20. The number of carbonyl (C=O) groups is 1. The second-order valence-corrected chi connectivity index (χ2v) is 8.21. The van der Waals surface area contributed by atoms with Gasteiger partial charge < -0.3 is 16.0 Å². The molecule has 10 nitrogen and oxygen atoms in total. The van der Waals surface area contributed by atoms with E-state index in [9.17, 15) is 4.79 Å². The zero-order valence-electron chi connectivity index (χ0n) is 19.3. The Bertz CT molecular complexity index is 1380. The highest BCUT2D eigenvalue weighted by Crippen LogP contribution is 2.32. The summed E-state index contributed by atoms with van der Waals surface area (Å²) in [6.07, 6.45) is 5.81. The van der Waals surface area contributed by atoms with E-state index in [2.05, 4.69) is 53.1 Å². The fourth-order valence-electron chi connectivity index (χ4n) is 3.99. The average Bonchev–Trinajstić information content (AvgIpc) is 3.26. The van der Waals surface area contributed by atoms with Crippen LogP contribution in [0, 0.1) is 6.92 Å². The van der Waals surface area contributed by atoms with Crippen molar-refractivity contribution >= 4 is 29.2 Å². The van der Waals surface area contributed by atoms with Gasteiger partial charge >= 0.3 is 0 Å². The second-order valence-electron chi connectivity index (χ2n) is 8.21. The Kier molecular flexibility index (Phi) is 5.62. The molecule has 4 aromatic rings. The number of amides is 1. The van der Waals surface area contributed by atoms with Crippen LogP contribution in [0.5, 0.6) is 0 Å². The highest BCUT2D eigenvalue weighted by molar-refractivity contribution is 5.99. The van der Waals surface area contributed by atoms with Crippen molar-refractivity contribution in [1.82, 2.24) is 35.0 Å². The molecule has 3 aromatic heterocycles. The minimum absolute atomic E-state index is 0.282. The van der Waals surface area contributed by atoms with Gasteiger partial charge in [0.05, 0.1) is 0 Å². The average molecular weight is 456 g/mol. The van der Waals surface area contributed by atoms with Gasteiger partial charge in [0.1, 0.15) is 23.5 Å². The van der Waals surface area contributed by atoms with E-state index in [0.717, 1.165) is 47.3 Å². The molecule has 5 rings (SSSR count). The standard InChI is InChI=1S/C24H25N9O/c1-14-17(21-27-13-33(3)32-21)10-15-6-4-7-16-8-5-9-20(28-16)30-24-26-12-18(23(34)25-2)22(31-24)29-19(14)11-15/h5,8-13H,4,6-7H2,1-3H3,(H,25,34)(H2,26,28,29,30,31). The Morgan fingerprint density at radius 2 is 2.00 bits per heavy atom. The summed E-state index contributed by atoms with van der Waals surface area (Å²) in [5.41, 5.74) is 5.19. The number of anilines is 4. The van der Waals surface area contributed by atoms with Crippen LogP contribution >= 0.6 is 0 Å². The summed E-state index contributed by atoms with van der Waals surface area (Å²) < 4.78 is 1.69. The molecule has 0 fully saturated rings. The van der Waals surface area contributed by atoms with Crippen LogP contribution in [0.3, 0.4) is 0 Å². The molecule has 0 unspecified atom stereocenters. The van der Waals surface area contributed by atoms with Gasteiger partial charge in [-0.2, -0.15) is 10.1 Å². The van der Waals surface area contributed by atoms with Gasteiger partial charge in [-0.1, -0.05) is 6.07 Å². The summed E-state index contributed by atoms with van der Waals surface area (Å²) in [5, 5.41) is 13.7. The highest BCUT2D eigenvalue weighted by atomic mass is 16.1. The Morgan fingerprint density at radius 3 is 2.79 bits per heavy atom. The Balaban J connectivity index is 1.67. The van der Waals surface area contributed by atoms with E-state index in [1.54, 1.807) is 18.1 Å². The number of hydrogen-bond donors (Lipinski definition) is 3. The predicted octanol–water partition coefficient (Wildman–Crippen LogP) is 3.31. The fourth-order valence-corrected chi connectivity index (χ4v) is 3.99. The van der Waals surface area contributed by atoms with Gasteiger partial charge in [-0.15, -0.1) is 0 Å². The van der Waals surface area contributed by atoms with Crippen molar-refractivity contribution in [3.63, 3.8) is 0 Å². The van der Waals surface area contributed by atoms with Gasteiger partial charge in [0.15, 0.2) is 5.82 Å². The first-order chi connectivity index (χ1) is 16.5. The maximum Gasteiger partial charge on any atom is 0.256 e. The Hall–Kier alpha value is -4.34. The van der Waals surface area contributed by atoms with Crippen LogP contribution < -0.4 is 16.0 Å². The lowest BCUT2D eigenvalue weighted by molar-refractivity contribution is 0.0963. The molecule has 6 bridgehead atoms. The number of carbonyl (C=O) groups excluding carboxylic acids is 1. The van der Waals surface area contributed by atoms with Crippen LogP contribution in [0.4, 0.5) is 23.3 Å². The van der Waals surface area contributed by atoms with E-state index >= 15 is 0 Å². The summed E-state index contributed by atoms with van der Waals surface area (Å²) in [7, 11) is 3.43. The van der Waals surface area contributed by atoms with E-state index in [-0.39, 0.29) is 5.91 Å². The first-order valence-corrected chi connectivity index (χ1v) is 11.1. The molecule has 0 radical (unpaired) electrons. The zero-order chi connectivity index (χ0) is 23.7. The SMILES string of the molecule is CNC(=O)c1cnc2nc1Nc1cc(cc(-c3ncn(C)n3)c1C)CCCc1cccc(n1)N2. The molecule has 0 atom stereocenters. The Labute approximate surface area is 196 Å². The molecule has 34 heavy (non-hydrogen) atoms. The van der Waals surface area contributed by atoms with Crippen molar-refractivity contribution in [2.24, 2.45) is 7.05 Å². The molecule has 0 saturated heterocycles. The highest BCUT2D eigenvalue weighted by Gasteiger charge is 2.18. The molecule has 0 spiro atoms. The molecule has 1 aliphatic heterocycles. The Morgan fingerprint density at radius 1 is 1.12 bits per heavy atom. The molecule has 4 heterocycles. The predicted molar refractivity (Wildman–Crippen MR) is 129 cm³/mol. The summed E-state index contributed by atoms with van der Waals surface area (Å²) in [4.78, 5) is 30.7. The van der Waals surface area contributed by atoms with E-state index in [1.807, 2.05) is 32.2 Å². The van der Waals surface area contributed by atoms with Crippen molar-refractivity contribution in [3.8, 4) is 11.4 Å². The van der Waals surface area contributed by atoms with Gasteiger partial charge in [0.25, 0.3) is 5.91 Å². The van der Waals surface area contributed by atoms with Crippen molar-refractivity contribution in [1.29, 1.82) is 0 Å². The van der Waals surface area contributed by atoms with Crippen molar-refractivity contribution in [3.05, 3.63) is 65.2 Å². The molecule has 3 N–H and O–H groups in total. The van der Waals surface area contributed by atoms with Gasteiger partial charge in [-0.25, -0.2) is 15.0 Å². The minimum Gasteiger partial charge on any atom is -0.355 e. The maximum absolute atomic E-state index is 12.6. The van der Waals surface area contributed by atoms with E-state index in [4.69, 9.17) is 0 Å². The first-order valence-electron chi connectivity index (χ1n) is 11.1. The topological polar surface area (TPSA) is 123 Å². The molecule has 1 aliphatic rings. The lowest BCUT2D eigenvalue weighted by atomic mass is 9.98. The molecule has 172 valence electrons. The quantitative estimate of drug-likeness (QED) is 0.421. The molecule has 1 aromatic carbocycles. The number of pyridine rings is 1. The van der Waals surface area contributed by atoms with Gasteiger partial charge in [0.2, 0.25) is 5.95 Å². The van der Waals surface area contributed by atoms with Gasteiger partial charge in [-0.05, 0) is 61.6 Å². The lowest BCUT2D eigenvalue weighted by Gasteiger charge is -2.17. The molecule has 0 aliphatic carbocycles. The third kappa shape index (κ3) is 4.29. The summed E-state index contributed by atoms with van der Waals surface area (Å²) in [6.45, 7) is 2.01. The third-order valence-corrected chi connectivity index (χ3v) is 5.77. The van der Waals surface area contributed by atoms with E-state index < -0.39 is 0 Å².